The van der Waals surface area contributed by atoms with Crippen LogP contribution in [0.3, 0.4) is 0 Å². The molecule has 2 atom stereocenters. The Hall–Kier alpha value is -2.21. The van der Waals surface area contributed by atoms with Crippen molar-refractivity contribution in [2.24, 2.45) is 11.1 Å². The van der Waals surface area contributed by atoms with Crippen molar-refractivity contribution < 1.29 is 14.4 Å². The summed E-state index contributed by atoms with van der Waals surface area (Å²) in [6.07, 6.45) is 0.294. The van der Waals surface area contributed by atoms with E-state index in [1.807, 2.05) is 26.8 Å². The minimum absolute atomic E-state index is 0.175. The van der Waals surface area contributed by atoms with Crippen LogP contribution in [0.25, 0.3) is 0 Å². The molecular formula is C17H25N3O3. The van der Waals surface area contributed by atoms with Crippen molar-refractivity contribution in [1.29, 1.82) is 0 Å². The fourth-order valence-electron chi connectivity index (χ4n) is 1.96. The predicted octanol–water partition coefficient (Wildman–Crippen LogP) is 1.27. The maximum atomic E-state index is 12.0. The zero-order valence-electron chi connectivity index (χ0n) is 14.1. The van der Waals surface area contributed by atoms with Crippen LogP contribution in [0.15, 0.2) is 30.3 Å². The van der Waals surface area contributed by atoms with Crippen LogP contribution in [-0.4, -0.2) is 23.8 Å². The Morgan fingerprint density at radius 3 is 2.17 bits per heavy atom. The molecule has 0 heterocycles. The summed E-state index contributed by atoms with van der Waals surface area (Å²) in [6, 6.07) is 7.02. The molecule has 0 bridgehead atoms. The zero-order valence-corrected chi connectivity index (χ0v) is 14.1. The van der Waals surface area contributed by atoms with Crippen LogP contribution >= 0.6 is 0 Å². The largest absolute Gasteiger partial charge is 0.345 e. The van der Waals surface area contributed by atoms with Gasteiger partial charge in [0.05, 0.1) is 0 Å². The van der Waals surface area contributed by atoms with E-state index in [0.29, 0.717) is 12.0 Å². The van der Waals surface area contributed by atoms with Gasteiger partial charge in [-0.05, 0) is 17.9 Å². The quantitative estimate of drug-likeness (QED) is 0.760. The molecule has 1 rings (SSSR count). The van der Waals surface area contributed by atoms with E-state index in [0.717, 1.165) is 0 Å². The van der Waals surface area contributed by atoms with Gasteiger partial charge < -0.3 is 11.1 Å². The molecule has 0 spiro atoms. The first-order valence-electron chi connectivity index (χ1n) is 7.55. The maximum absolute atomic E-state index is 12.0. The Labute approximate surface area is 136 Å². The molecule has 0 aliphatic rings. The summed E-state index contributed by atoms with van der Waals surface area (Å²) in [5, 5.41) is 4.80. The van der Waals surface area contributed by atoms with Crippen molar-refractivity contribution in [3.05, 3.63) is 35.9 Å². The first-order chi connectivity index (χ1) is 10.6. The number of imide groups is 1. The molecule has 1 aromatic carbocycles. The molecule has 0 unspecified atom stereocenters. The average Bonchev–Trinajstić information content (AvgIpc) is 2.45. The fourth-order valence-corrected chi connectivity index (χ4v) is 1.96. The molecule has 0 aliphatic heterocycles. The first kappa shape index (κ1) is 18.8. The van der Waals surface area contributed by atoms with Gasteiger partial charge in [-0.25, -0.2) is 0 Å². The van der Waals surface area contributed by atoms with E-state index in [2.05, 4.69) is 10.6 Å². The number of carbonyl (C=O) groups excluding carboxylic acids is 3. The average molecular weight is 319 g/mol. The molecule has 0 saturated heterocycles. The van der Waals surface area contributed by atoms with Crippen molar-refractivity contribution in [3.8, 4) is 0 Å². The number of amides is 3. The lowest BCUT2D eigenvalue weighted by Gasteiger charge is -2.20. The van der Waals surface area contributed by atoms with Gasteiger partial charge in [0.2, 0.25) is 17.7 Å². The molecule has 0 aromatic heterocycles. The molecule has 6 heteroatoms. The highest BCUT2D eigenvalue weighted by atomic mass is 16.2. The monoisotopic (exact) mass is 319 g/mol. The second kappa shape index (κ2) is 7.87. The van der Waals surface area contributed by atoms with Gasteiger partial charge in [-0.1, -0.05) is 51.1 Å². The molecule has 0 saturated carbocycles. The molecule has 126 valence electrons. The van der Waals surface area contributed by atoms with Crippen LogP contribution in [0.5, 0.6) is 0 Å². The molecular weight excluding hydrogens is 294 g/mol. The first-order valence-corrected chi connectivity index (χ1v) is 7.55. The van der Waals surface area contributed by atoms with Gasteiger partial charge in [0.15, 0.2) is 0 Å². The normalized spacial score (nSPS) is 13.8. The van der Waals surface area contributed by atoms with Crippen molar-refractivity contribution in [2.45, 2.75) is 46.2 Å². The SMILES string of the molecule is C[C@H](NC(=O)CC(C)(C)C)C(=O)NC(=O)[C@@H](N)c1ccccc1. The maximum Gasteiger partial charge on any atom is 0.248 e. The van der Waals surface area contributed by atoms with E-state index < -0.39 is 23.9 Å². The number of nitrogens with one attached hydrogen (secondary N) is 2. The summed E-state index contributed by atoms with van der Waals surface area (Å²) < 4.78 is 0. The highest BCUT2D eigenvalue weighted by Crippen LogP contribution is 2.17. The van der Waals surface area contributed by atoms with E-state index in [-0.39, 0.29) is 11.3 Å². The van der Waals surface area contributed by atoms with Gasteiger partial charge in [0.25, 0.3) is 0 Å². The van der Waals surface area contributed by atoms with Crippen molar-refractivity contribution in [1.82, 2.24) is 10.6 Å². The number of benzene rings is 1. The molecule has 4 N–H and O–H groups in total. The Morgan fingerprint density at radius 2 is 1.65 bits per heavy atom. The molecule has 3 amide bonds. The Kier molecular flexibility index (Phi) is 6.45. The van der Waals surface area contributed by atoms with Crippen LogP contribution < -0.4 is 16.4 Å². The van der Waals surface area contributed by atoms with Gasteiger partial charge in [-0.2, -0.15) is 0 Å². The Morgan fingerprint density at radius 1 is 1.09 bits per heavy atom. The number of carbonyl (C=O) groups is 3. The van der Waals surface area contributed by atoms with Crippen LogP contribution in [0.4, 0.5) is 0 Å². The second-order valence-electron chi connectivity index (χ2n) is 6.77. The summed E-state index contributed by atoms with van der Waals surface area (Å²) in [7, 11) is 0. The zero-order chi connectivity index (χ0) is 17.6. The van der Waals surface area contributed by atoms with E-state index in [9.17, 15) is 14.4 Å². The van der Waals surface area contributed by atoms with Gasteiger partial charge >= 0.3 is 0 Å². The fraction of sp³-hybridized carbons (Fsp3) is 0.471. The minimum Gasteiger partial charge on any atom is -0.345 e. The highest BCUT2D eigenvalue weighted by molar-refractivity contribution is 6.01. The third-order valence-corrected chi connectivity index (χ3v) is 3.15. The Balaban J connectivity index is 2.54. The van der Waals surface area contributed by atoms with Gasteiger partial charge in [0, 0.05) is 6.42 Å². The van der Waals surface area contributed by atoms with Gasteiger partial charge in [-0.15, -0.1) is 0 Å². The van der Waals surface area contributed by atoms with Crippen molar-refractivity contribution in [3.63, 3.8) is 0 Å². The highest BCUT2D eigenvalue weighted by Gasteiger charge is 2.23. The summed E-state index contributed by atoms with van der Waals surface area (Å²) in [6.45, 7) is 7.32. The van der Waals surface area contributed by atoms with E-state index in [4.69, 9.17) is 5.73 Å². The van der Waals surface area contributed by atoms with E-state index >= 15 is 0 Å². The van der Waals surface area contributed by atoms with Crippen LogP contribution in [0.1, 0.15) is 45.7 Å². The lowest BCUT2D eigenvalue weighted by atomic mass is 9.92. The van der Waals surface area contributed by atoms with Crippen LogP contribution in [0.2, 0.25) is 0 Å². The number of nitrogens with two attached hydrogens (primary N) is 1. The summed E-state index contributed by atoms with van der Waals surface area (Å²) in [5.74, 6) is -1.42. The standard InChI is InChI=1S/C17H25N3O3/c1-11(19-13(21)10-17(2,3)4)15(22)20-16(23)14(18)12-8-6-5-7-9-12/h5-9,11,14H,10,18H2,1-4H3,(H,19,21)(H,20,22,23)/t11-,14-/m0/s1. The topological polar surface area (TPSA) is 101 Å². The summed E-state index contributed by atoms with van der Waals surface area (Å²) >= 11 is 0. The molecule has 23 heavy (non-hydrogen) atoms. The summed E-state index contributed by atoms with van der Waals surface area (Å²) in [4.78, 5) is 35.8. The number of hydrogen-bond donors (Lipinski definition) is 3. The number of rotatable bonds is 5. The van der Waals surface area contributed by atoms with E-state index in [1.54, 1.807) is 24.3 Å². The molecule has 0 aliphatic carbocycles. The Bertz CT molecular complexity index is 564. The molecule has 0 fully saturated rings. The minimum atomic E-state index is -0.933. The van der Waals surface area contributed by atoms with Gasteiger partial charge in [-0.3, -0.25) is 19.7 Å². The van der Waals surface area contributed by atoms with Crippen molar-refractivity contribution in [2.75, 3.05) is 0 Å². The predicted molar refractivity (Wildman–Crippen MR) is 88.2 cm³/mol. The third kappa shape index (κ3) is 6.61. The third-order valence-electron chi connectivity index (χ3n) is 3.15. The lowest BCUT2D eigenvalue weighted by molar-refractivity contribution is -0.134. The number of hydrogen-bond acceptors (Lipinski definition) is 4. The summed E-state index contributed by atoms with van der Waals surface area (Å²) in [5.41, 5.74) is 6.26. The molecule has 6 nitrogen and oxygen atoms in total. The smallest absolute Gasteiger partial charge is 0.248 e. The van der Waals surface area contributed by atoms with Crippen LogP contribution in [-0.2, 0) is 14.4 Å². The van der Waals surface area contributed by atoms with Gasteiger partial charge in [0.1, 0.15) is 12.1 Å². The second-order valence-corrected chi connectivity index (χ2v) is 6.77. The molecule has 1 aromatic rings. The van der Waals surface area contributed by atoms with Crippen molar-refractivity contribution >= 4 is 17.7 Å². The molecule has 0 radical (unpaired) electrons. The van der Waals surface area contributed by atoms with Crippen LogP contribution in [0, 0.1) is 5.41 Å². The van der Waals surface area contributed by atoms with E-state index in [1.165, 1.54) is 6.92 Å². The lowest BCUT2D eigenvalue weighted by Crippen LogP contribution is -2.49.